The molecule has 1 fully saturated rings. The Balaban J connectivity index is 1.75. The van der Waals surface area contributed by atoms with E-state index in [0.717, 1.165) is 19.4 Å². The molecule has 1 saturated carbocycles. The zero-order valence-corrected chi connectivity index (χ0v) is 11.5. The molecule has 0 atom stereocenters. The highest BCUT2D eigenvalue weighted by Gasteiger charge is 2.28. The largest absolute Gasteiger partial charge is 0.393 e. The van der Waals surface area contributed by atoms with Crippen LogP contribution < -0.4 is 5.32 Å². The van der Waals surface area contributed by atoms with E-state index in [-0.39, 0.29) is 12.0 Å². The predicted molar refractivity (Wildman–Crippen MR) is 76.0 cm³/mol. The maximum Gasteiger partial charge on any atom is 0.238 e. The van der Waals surface area contributed by atoms with Crippen molar-refractivity contribution in [3.8, 4) is 6.07 Å². The number of aliphatic hydroxyl groups excluding tert-OH is 1. The molecule has 1 aromatic rings. The van der Waals surface area contributed by atoms with E-state index < -0.39 is 0 Å². The van der Waals surface area contributed by atoms with Crippen LogP contribution in [0, 0.1) is 17.2 Å². The minimum Gasteiger partial charge on any atom is -0.393 e. The summed E-state index contributed by atoms with van der Waals surface area (Å²) in [5.41, 5.74) is 1.27. The standard InChI is InChI=1S/C15H19N3O2/c1-18(9-12-6-14(19)7-12)10-15(20)17-13-4-2-11(8-16)3-5-13/h2-5,12,14,19H,6-7,9-10H2,1H3,(H,17,20). The van der Waals surface area contributed by atoms with Gasteiger partial charge in [0.2, 0.25) is 5.91 Å². The Morgan fingerprint density at radius 2 is 2.10 bits per heavy atom. The molecule has 1 aliphatic carbocycles. The van der Waals surface area contributed by atoms with Gasteiger partial charge in [0.15, 0.2) is 0 Å². The molecule has 0 bridgehead atoms. The number of hydrogen-bond acceptors (Lipinski definition) is 4. The first-order valence-corrected chi connectivity index (χ1v) is 6.73. The summed E-state index contributed by atoms with van der Waals surface area (Å²) in [6.07, 6.45) is 1.52. The lowest BCUT2D eigenvalue weighted by Crippen LogP contribution is -2.39. The van der Waals surface area contributed by atoms with Crippen LogP contribution in [0.1, 0.15) is 18.4 Å². The lowest BCUT2D eigenvalue weighted by atomic mass is 9.82. The molecule has 0 spiro atoms. The van der Waals surface area contributed by atoms with Crippen molar-refractivity contribution >= 4 is 11.6 Å². The van der Waals surface area contributed by atoms with Gasteiger partial charge >= 0.3 is 0 Å². The van der Waals surface area contributed by atoms with Crippen LogP contribution >= 0.6 is 0 Å². The van der Waals surface area contributed by atoms with Gasteiger partial charge in [0.25, 0.3) is 0 Å². The topological polar surface area (TPSA) is 76.4 Å². The van der Waals surface area contributed by atoms with Gasteiger partial charge in [-0.2, -0.15) is 5.26 Å². The van der Waals surface area contributed by atoms with Gasteiger partial charge in [-0.15, -0.1) is 0 Å². The number of anilines is 1. The van der Waals surface area contributed by atoms with Gasteiger partial charge in [0.05, 0.1) is 24.3 Å². The van der Waals surface area contributed by atoms with Gasteiger partial charge < -0.3 is 10.4 Å². The van der Waals surface area contributed by atoms with Crippen LogP contribution in [0.25, 0.3) is 0 Å². The van der Waals surface area contributed by atoms with Crippen molar-refractivity contribution in [3.63, 3.8) is 0 Å². The average Bonchev–Trinajstić information content (AvgIpc) is 2.37. The minimum atomic E-state index is -0.152. The fraction of sp³-hybridized carbons (Fsp3) is 0.467. The van der Waals surface area contributed by atoms with Crippen LogP contribution in [-0.4, -0.2) is 42.2 Å². The lowest BCUT2D eigenvalue weighted by molar-refractivity contribution is -0.117. The molecule has 0 aromatic heterocycles. The van der Waals surface area contributed by atoms with E-state index in [9.17, 15) is 9.90 Å². The number of hydrogen-bond donors (Lipinski definition) is 2. The zero-order valence-electron chi connectivity index (χ0n) is 11.5. The Morgan fingerprint density at radius 3 is 2.65 bits per heavy atom. The highest BCUT2D eigenvalue weighted by atomic mass is 16.3. The van der Waals surface area contributed by atoms with Gasteiger partial charge in [0.1, 0.15) is 0 Å². The zero-order chi connectivity index (χ0) is 14.5. The maximum absolute atomic E-state index is 11.9. The lowest BCUT2D eigenvalue weighted by Gasteiger charge is -2.34. The number of aliphatic hydroxyl groups is 1. The molecular formula is C15H19N3O2. The van der Waals surface area contributed by atoms with Crippen LogP contribution in [0.5, 0.6) is 0 Å². The fourth-order valence-corrected chi connectivity index (χ4v) is 2.43. The van der Waals surface area contributed by atoms with Crippen molar-refractivity contribution in [3.05, 3.63) is 29.8 Å². The summed E-state index contributed by atoms with van der Waals surface area (Å²) < 4.78 is 0. The summed E-state index contributed by atoms with van der Waals surface area (Å²) in [4.78, 5) is 13.8. The normalized spacial score (nSPS) is 21.1. The smallest absolute Gasteiger partial charge is 0.238 e. The summed E-state index contributed by atoms with van der Waals surface area (Å²) in [5, 5.41) is 20.7. The third-order valence-electron chi connectivity index (χ3n) is 3.49. The van der Waals surface area contributed by atoms with Crippen LogP contribution in [0.2, 0.25) is 0 Å². The average molecular weight is 273 g/mol. The fourth-order valence-electron chi connectivity index (χ4n) is 2.43. The number of nitrogens with one attached hydrogen (secondary N) is 1. The van der Waals surface area contributed by atoms with Crippen molar-refractivity contribution < 1.29 is 9.90 Å². The van der Waals surface area contributed by atoms with E-state index in [1.165, 1.54) is 0 Å². The van der Waals surface area contributed by atoms with Crippen LogP contribution in [0.3, 0.4) is 0 Å². The molecule has 0 unspecified atom stereocenters. The Kier molecular flexibility index (Phi) is 4.72. The first kappa shape index (κ1) is 14.5. The first-order valence-electron chi connectivity index (χ1n) is 6.73. The summed E-state index contributed by atoms with van der Waals surface area (Å²) >= 11 is 0. The number of nitriles is 1. The molecule has 5 heteroatoms. The van der Waals surface area contributed by atoms with Crippen LogP contribution in [0.4, 0.5) is 5.69 Å². The van der Waals surface area contributed by atoms with Crippen molar-refractivity contribution in [1.82, 2.24) is 4.90 Å². The molecule has 1 aliphatic rings. The van der Waals surface area contributed by atoms with Crippen LogP contribution in [0.15, 0.2) is 24.3 Å². The van der Waals surface area contributed by atoms with Crippen LogP contribution in [-0.2, 0) is 4.79 Å². The number of amides is 1. The number of likely N-dealkylation sites (N-methyl/N-ethyl adjacent to an activating group) is 1. The number of nitrogens with zero attached hydrogens (tertiary/aromatic N) is 2. The summed E-state index contributed by atoms with van der Waals surface area (Å²) in [5.74, 6) is 0.426. The maximum atomic E-state index is 11.9. The van der Waals surface area contributed by atoms with Crippen molar-refractivity contribution in [2.45, 2.75) is 18.9 Å². The van der Waals surface area contributed by atoms with Gasteiger partial charge in [-0.1, -0.05) is 0 Å². The third-order valence-corrected chi connectivity index (χ3v) is 3.49. The molecule has 106 valence electrons. The second kappa shape index (κ2) is 6.51. The SMILES string of the molecule is CN(CC(=O)Nc1ccc(C#N)cc1)CC1CC(O)C1. The number of carbonyl (C=O) groups is 1. The molecule has 1 amide bonds. The predicted octanol–water partition coefficient (Wildman–Crippen LogP) is 1.20. The second-order valence-electron chi connectivity index (χ2n) is 5.43. The molecule has 0 radical (unpaired) electrons. The summed E-state index contributed by atoms with van der Waals surface area (Å²) in [6, 6.07) is 8.83. The first-order chi connectivity index (χ1) is 9.56. The van der Waals surface area contributed by atoms with Gasteiger partial charge in [-0.3, -0.25) is 9.69 Å². The molecule has 5 nitrogen and oxygen atoms in total. The highest BCUT2D eigenvalue weighted by Crippen LogP contribution is 2.27. The van der Waals surface area contributed by atoms with Crippen molar-refractivity contribution in [2.75, 3.05) is 25.5 Å². The Labute approximate surface area is 118 Å². The monoisotopic (exact) mass is 273 g/mol. The summed E-state index contributed by atoms with van der Waals surface area (Å²) in [7, 11) is 1.91. The van der Waals surface area contributed by atoms with Gasteiger partial charge in [-0.25, -0.2) is 0 Å². The van der Waals surface area contributed by atoms with Crippen molar-refractivity contribution in [2.24, 2.45) is 5.92 Å². The molecule has 20 heavy (non-hydrogen) atoms. The molecule has 2 N–H and O–H groups in total. The molecule has 0 heterocycles. The Morgan fingerprint density at radius 1 is 1.45 bits per heavy atom. The molecular weight excluding hydrogens is 254 g/mol. The van der Waals surface area contributed by atoms with E-state index in [0.29, 0.717) is 23.7 Å². The number of carbonyl (C=O) groups excluding carboxylic acids is 1. The van der Waals surface area contributed by atoms with E-state index in [1.54, 1.807) is 24.3 Å². The van der Waals surface area contributed by atoms with Gasteiger partial charge in [-0.05, 0) is 50.1 Å². The van der Waals surface area contributed by atoms with E-state index in [2.05, 4.69) is 5.32 Å². The molecule has 0 saturated heterocycles. The quantitative estimate of drug-likeness (QED) is 0.845. The van der Waals surface area contributed by atoms with E-state index in [1.807, 2.05) is 18.0 Å². The minimum absolute atomic E-state index is 0.0721. The van der Waals surface area contributed by atoms with Gasteiger partial charge in [0, 0.05) is 12.2 Å². The second-order valence-corrected chi connectivity index (χ2v) is 5.43. The van der Waals surface area contributed by atoms with Crippen molar-refractivity contribution in [1.29, 1.82) is 5.26 Å². The number of benzene rings is 1. The Hall–Kier alpha value is -1.90. The Bertz CT molecular complexity index is 501. The number of rotatable bonds is 5. The van der Waals surface area contributed by atoms with E-state index in [4.69, 9.17) is 5.26 Å². The molecule has 0 aliphatic heterocycles. The summed E-state index contributed by atoms with van der Waals surface area (Å²) in [6.45, 7) is 1.16. The molecule has 1 aromatic carbocycles. The molecule has 2 rings (SSSR count). The van der Waals surface area contributed by atoms with E-state index >= 15 is 0 Å². The third kappa shape index (κ3) is 4.05. The highest BCUT2D eigenvalue weighted by molar-refractivity contribution is 5.92.